The highest BCUT2D eigenvalue weighted by Crippen LogP contribution is 2.40. The molecule has 0 amide bonds. The first-order chi connectivity index (χ1) is 17.9. The molecule has 0 aromatic heterocycles. The van der Waals surface area contributed by atoms with Gasteiger partial charge in [-0.3, -0.25) is 9.59 Å². The molecule has 9 heteroatoms. The predicted octanol–water partition coefficient (Wildman–Crippen LogP) is 3.33. The van der Waals surface area contributed by atoms with Gasteiger partial charge >= 0.3 is 11.9 Å². The molecule has 0 fully saturated rings. The van der Waals surface area contributed by atoms with Gasteiger partial charge in [-0.25, -0.2) is 0 Å². The first kappa shape index (κ1) is 32.9. The van der Waals surface area contributed by atoms with E-state index in [1.54, 1.807) is 24.3 Å². The van der Waals surface area contributed by atoms with Crippen molar-refractivity contribution < 1.29 is 44.2 Å². The quantitative estimate of drug-likeness (QED) is 0.163. The summed E-state index contributed by atoms with van der Waals surface area (Å²) in [5, 5.41) is 40.8. The van der Waals surface area contributed by atoms with Gasteiger partial charge in [0, 0.05) is 24.7 Å². The Morgan fingerprint density at radius 1 is 0.692 bits per heavy atom. The number of esters is 2. The molecule has 0 bridgehead atoms. The lowest BCUT2D eigenvalue weighted by Crippen LogP contribution is -2.43. The van der Waals surface area contributed by atoms with Gasteiger partial charge in [0.05, 0.1) is 13.2 Å². The van der Waals surface area contributed by atoms with Gasteiger partial charge in [0.2, 0.25) is 0 Å². The second-order valence-electron chi connectivity index (χ2n) is 12.5. The van der Waals surface area contributed by atoms with Gasteiger partial charge in [0.15, 0.2) is 11.6 Å². The van der Waals surface area contributed by atoms with E-state index in [2.05, 4.69) is 0 Å². The van der Waals surface area contributed by atoms with Crippen molar-refractivity contribution in [2.24, 2.45) is 22.7 Å². The van der Waals surface area contributed by atoms with Crippen molar-refractivity contribution in [2.45, 2.75) is 78.8 Å². The van der Waals surface area contributed by atoms with Crippen LogP contribution in [0.3, 0.4) is 0 Å². The predicted molar refractivity (Wildman–Crippen MR) is 146 cm³/mol. The Morgan fingerprint density at radius 2 is 1.05 bits per heavy atom. The first-order valence-electron chi connectivity index (χ1n) is 13.5. The number of hydrogen-bond acceptors (Lipinski definition) is 9. The summed E-state index contributed by atoms with van der Waals surface area (Å²) in [6.45, 7) is 12.1. The smallest absolute Gasteiger partial charge is 0.306 e. The summed E-state index contributed by atoms with van der Waals surface area (Å²) in [6.07, 6.45) is 10.7. The Balaban J connectivity index is 1.58. The van der Waals surface area contributed by atoms with Gasteiger partial charge in [0.1, 0.15) is 13.2 Å². The van der Waals surface area contributed by atoms with Crippen LogP contribution in [0.4, 0.5) is 0 Å². The first-order valence-corrected chi connectivity index (χ1v) is 13.5. The van der Waals surface area contributed by atoms with Gasteiger partial charge in [-0.15, -0.1) is 0 Å². The monoisotopic (exact) mass is 550 g/mol. The Bertz CT molecular complexity index is 893. The van der Waals surface area contributed by atoms with Crippen molar-refractivity contribution in [2.75, 3.05) is 26.4 Å². The van der Waals surface area contributed by atoms with Crippen LogP contribution < -0.4 is 0 Å². The third-order valence-electron chi connectivity index (χ3n) is 6.85. The Labute approximate surface area is 231 Å². The normalized spacial score (nSPS) is 22.2. The third-order valence-corrected chi connectivity index (χ3v) is 6.85. The Morgan fingerprint density at radius 3 is 1.38 bits per heavy atom. The van der Waals surface area contributed by atoms with Crippen molar-refractivity contribution in [3.05, 3.63) is 47.6 Å². The maximum Gasteiger partial charge on any atom is 0.306 e. The summed E-state index contributed by atoms with van der Waals surface area (Å²) < 4.78 is 15.7. The molecule has 2 aliphatic rings. The largest absolute Gasteiger partial charge is 0.463 e. The summed E-state index contributed by atoms with van der Waals surface area (Å²) in [4.78, 5) is 24.1. The second-order valence-corrected chi connectivity index (χ2v) is 12.5. The number of carbonyl (C=O) groups excluding carboxylic acids is 2. The van der Waals surface area contributed by atoms with E-state index < -0.39 is 23.4 Å². The van der Waals surface area contributed by atoms with E-state index in [1.165, 1.54) is 12.2 Å². The van der Waals surface area contributed by atoms with Crippen LogP contribution in [0, 0.1) is 22.7 Å². The maximum absolute atomic E-state index is 12.0. The van der Waals surface area contributed by atoms with E-state index in [1.807, 2.05) is 41.5 Å². The number of ether oxygens (including phenoxy) is 3. The minimum atomic E-state index is -1.91. The van der Waals surface area contributed by atoms with E-state index >= 15 is 0 Å². The highest BCUT2D eigenvalue weighted by molar-refractivity contribution is 5.70. The lowest BCUT2D eigenvalue weighted by molar-refractivity contribution is -0.171. The molecule has 0 spiro atoms. The van der Waals surface area contributed by atoms with Crippen molar-refractivity contribution in [1.29, 1.82) is 0 Å². The van der Waals surface area contributed by atoms with Gasteiger partial charge in [0.25, 0.3) is 0 Å². The molecule has 220 valence electrons. The summed E-state index contributed by atoms with van der Waals surface area (Å²) in [7, 11) is 0. The zero-order valence-electron chi connectivity index (χ0n) is 24.1. The lowest BCUT2D eigenvalue weighted by atomic mass is 9.72. The molecule has 0 saturated carbocycles. The average molecular weight is 551 g/mol. The number of rotatable bonds is 12. The van der Waals surface area contributed by atoms with Crippen LogP contribution in [0.25, 0.3) is 0 Å². The summed E-state index contributed by atoms with van der Waals surface area (Å²) in [5.74, 6) is -5.57. The van der Waals surface area contributed by atoms with Gasteiger partial charge in [-0.1, -0.05) is 77.0 Å². The fraction of sp³-hybridized carbons (Fsp3) is 0.667. The second kappa shape index (κ2) is 13.4. The van der Waals surface area contributed by atoms with E-state index in [-0.39, 0.29) is 62.0 Å². The highest BCUT2D eigenvalue weighted by Gasteiger charge is 2.41. The zero-order chi connectivity index (χ0) is 29.5. The molecule has 2 rings (SSSR count). The van der Waals surface area contributed by atoms with E-state index in [9.17, 15) is 30.0 Å². The summed E-state index contributed by atoms with van der Waals surface area (Å²) >= 11 is 0. The number of aliphatic hydroxyl groups is 4. The highest BCUT2D eigenvalue weighted by atomic mass is 16.6. The Kier molecular flexibility index (Phi) is 11.3. The minimum Gasteiger partial charge on any atom is -0.463 e. The summed E-state index contributed by atoms with van der Waals surface area (Å²) in [5.41, 5.74) is 0.979. The molecule has 0 radical (unpaired) electrons. The summed E-state index contributed by atoms with van der Waals surface area (Å²) in [6, 6.07) is 0. The molecule has 2 aliphatic carbocycles. The zero-order valence-corrected chi connectivity index (χ0v) is 24.1. The van der Waals surface area contributed by atoms with E-state index in [0.717, 1.165) is 11.1 Å². The SMILES string of the molecule is CC(C)(C)C1C=C(CCC(=O)OCCOCCOC(=O)CCC2=CC(C(C)(C)C)C(O)(O)C=C2)C=CC1(O)O. The molecule has 2 unspecified atom stereocenters. The molecule has 2 atom stereocenters. The molecule has 0 aromatic rings. The van der Waals surface area contributed by atoms with Crippen molar-refractivity contribution in [3.8, 4) is 0 Å². The van der Waals surface area contributed by atoms with Crippen LogP contribution >= 0.6 is 0 Å². The number of allylic oxidation sites excluding steroid dienone is 4. The Hall–Kier alpha value is -2.30. The van der Waals surface area contributed by atoms with Crippen molar-refractivity contribution >= 4 is 11.9 Å². The molecular formula is C30H46O9. The third kappa shape index (κ3) is 10.7. The van der Waals surface area contributed by atoms with E-state index in [0.29, 0.717) is 12.8 Å². The molecular weight excluding hydrogens is 504 g/mol. The molecule has 0 saturated heterocycles. The van der Waals surface area contributed by atoms with Crippen LogP contribution in [0.1, 0.15) is 67.2 Å². The topological polar surface area (TPSA) is 143 Å². The molecule has 0 aromatic carbocycles. The maximum atomic E-state index is 12.0. The van der Waals surface area contributed by atoms with Crippen LogP contribution in [0.2, 0.25) is 0 Å². The molecule has 0 aliphatic heterocycles. The lowest BCUT2D eigenvalue weighted by Gasteiger charge is -2.39. The van der Waals surface area contributed by atoms with Crippen molar-refractivity contribution in [3.63, 3.8) is 0 Å². The van der Waals surface area contributed by atoms with Gasteiger partial charge in [-0.2, -0.15) is 0 Å². The van der Waals surface area contributed by atoms with E-state index in [4.69, 9.17) is 14.2 Å². The van der Waals surface area contributed by atoms with Crippen molar-refractivity contribution in [1.82, 2.24) is 0 Å². The molecule has 39 heavy (non-hydrogen) atoms. The fourth-order valence-corrected chi connectivity index (χ4v) is 4.73. The van der Waals surface area contributed by atoms with Crippen LogP contribution in [0.5, 0.6) is 0 Å². The molecule has 4 N–H and O–H groups in total. The molecule has 0 heterocycles. The fourth-order valence-electron chi connectivity index (χ4n) is 4.73. The van der Waals surface area contributed by atoms with Crippen LogP contribution in [-0.2, 0) is 23.8 Å². The van der Waals surface area contributed by atoms with Gasteiger partial charge in [-0.05, 0) is 35.8 Å². The standard InChI is InChI=1S/C30H46O9/c1-27(2,3)23-19-21(11-13-29(23,33)34)7-9-25(31)38-17-15-37-16-18-39-26(32)10-8-22-12-14-30(35,36)24(20-22)28(4,5)6/h11-14,19-20,23-24,33-36H,7-10,15-18H2,1-6H3. The minimum absolute atomic E-state index is 0.0787. The number of carbonyl (C=O) groups is 2. The number of hydrogen-bond donors (Lipinski definition) is 4. The average Bonchev–Trinajstić information content (AvgIpc) is 2.80. The van der Waals surface area contributed by atoms with Crippen LogP contribution in [-0.4, -0.2) is 70.4 Å². The van der Waals surface area contributed by atoms with Gasteiger partial charge < -0.3 is 34.6 Å². The van der Waals surface area contributed by atoms with Crippen LogP contribution in [0.15, 0.2) is 47.6 Å². The molecule has 9 nitrogen and oxygen atoms in total.